The minimum atomic E-state index is -0.699. The molecule has 1 N–H and O–H groups in total. The average Bonchev–Trinajstić information content (AvgIpc) is 2.83. The van der Waals surface area contributed by atoms with Crippen molar-refractivity contribution in [1.29, 1.82) is 0 Å². The van der Waals surface area contributed by atoms with Crippen molar-refractivity contribution in [2.75, 3.05) is 6.54 Å². The molecule has 0 bridgehead atoms. The van der Waals surface area contributed by atoms with Gasteiger partial charge in [0.15, 0.2) is 0 Å². The number of benzene rings is 1. The van der Waals surface area contributed by atoms with Crippen LogP contribution in [0.4, 0.5) is 4.39 Å². The summed E-state index contributed by atoms with van der Waals surface area (Å²) >= 11 is 0. The molecular formula is C18H20FN3O3. The highest BCUT2D eigenvalue weighted by Crippen LogP contribution is 2.31. The van der Waals surface area contributed by atoms with Gasteiger partial charge in [0.2, 0.25) is 0 Å². The molecule has 132 valence electrons. The highest BCUT2D eigenvalue weighted by atomic mass is 19.1. The molecule has 7 heteroatoms. The molecule has 1 aromatic heterocycles. The van der Waals surface area contributed by atoms with Gasteiger partial charge in [-0.15, -0.1) is 0 Å². The van der Waals surface area contributed by atoms with E-state index in [1.807, 2.05) is 0 Å². The second kappa shape index (κ2) is 7.04. The smallest absolute Gasteiger partial charge is 0.328 e. The van der Waals surface area contributed by atoms with Crippen LogP contribution >= 0.6 is 0 Å². The molecular weight excluding hydrogens is 325 g/mol. The normalized spacial score (nSPS) is 18.0. The fraction of sp³-hybridized carbons (Fsp3) is 0.389. The van der Waals surface area contributed by atoms with Gasteiger partial charge in [0, 0.05) is 19.8 Å². The number of hydrogen-bond acceptors (Lipinski definition) is 3. The van der Waals surface area contributed by atoms with Crippen LogP contribution in [0.5, 0.6) is 0 Å². The fourth-order valence-corrected chi connectivity index (χ4v) is 3.28. The number of aromatic nitrogens is 2. The lowest BCUT2D eigenvalue weighted by Crippen LogP contribution is -2.40. The molecule has 2 heterocycles. The average molecular weight is 345 g/mol. The van der Waals surface area contributed by atoms with E-state index >= 15 is 0 Å². The molecule has 1 aliphatic rings. The third-order valence-corrected chi connectivity index (χ3v) is 4.59. The quantitative estimate of drug-likeness (QED) is 0.904. The third-order valence-electron chi connectivity index (χ3n) is 4.59. The molecule has 3 rings (SSSR count). The number of carbonyl (C=O) groups excluding carboxylic acids is 1. The minimum Gasteiger partial charge on any atom is -0.331 e. The standard InChI is InChI=1S/C18H20FN3O3/c1-21-11-14(16(23)20-18(21)25)17(24)22-9-4-2-3-8-15(22)12-6-5-7-13(19)10-12/h5-7,10-11,15H,2-4,8-9H2,1H3,(H,20,23,25)/t15-/m0/s1. The molecule has 1 fully saturated rings. The van der Waals surface area contributed by atoms with Gasteiger partial charge in [0.1, 0.15) is 11.4 Å². The van der Waals surface area contributed by atoms with E-state index < -0.39 is 17.2 Å². The molecule has 25 heavy (non-hydrogen) atoms. The number of aromatic amines is 1. The first-order chi connectivity index (χ1) is 12.0. The number of amides is 1. The topological polar surface area (TPSA) is 75.2 Å². The van der Waals surface area contributed by atoms with Crippen molar-refractivity contribution < 1.29 is 9.18 Å². The molecule has 1 saturated heterocycles. The van der Waals surface area contributed by atoms with Crippen molar-refractivity contribution >= 4 is 5.91 Å². The van der Waals surface area contributed by atoms with E-state index in [1.54, 1.807) is 17.0 Å². The summed E-state index contributed by atoms with van der Waals surface area (Å²) in [5.41, 5.74) is -0.628. The first-order valence-electron chi connectivity index (χ1n) is 8.34. The summed E-state index contributed by atoms with van der Waals surface area (Å²) in [5, 5.41) is 0. The van der Waals surface area contributed by atoms with Gasteiger partial charge in [0.25, 0.3) is 11.5 Å². The van der Waals surface area contributed by atoms with Crippen LogP contribution in [-0.4, -0.2) is 26.9 Å². The number of rotatable bonds is 2. The number of H-pyrrole nitrogens is 1. The van der Waals surface area contributed by atoms with Gasteiger partial charge in [-0.2, -0.15) is 0 Å². The van der Waals surface area contributed by atoms with E-state index in [2.05, 4.69) is 4.98 Å². The predicted molar refractivity (Wildman–Crippen MR) is 90.9 cm³/mol. The second-order valence-electron chi connectivity index (χ2n) is 6.33. The number of carbonyl (C=O) groups is 1. The Bertz CT molecular complexity index is 903. The van der Waals surface area contributed by atoms with Crippen LogP contribution in [0.2, 0.25) is 0 Å². The molecule has 0 unspecified atom stereocenters. The van der Waals surface area contributed by atoms with E-state index in [-0.39, 0.29) is 17.4 Å². The summed E-state index contributed by atoms with van der Waals surface area (Å²) < 4.78 is 14.8. The van der Waals surface area contributed by atoms with Crippen LogP contribution in [0.25, 0.3) is 0 Å². The Kier molecular flexibility index (Phi) is 4.83. The Balaban J connectivity index is 2.02. The van der Waals surface area contributed by atoms with E-state index in [0.29, 0.717) is 13.0 Å². The monoisotopic (exact) mass is 345 g/mol. The van der Waals surface area contributed by atoms with Crippen molar-refractivity contribution in [3.8, 4) is 0 Å². The second-order valence-corrected chi connectivity index (χ2v) is 6.33. The van der Waals surface area contributed by atoms with Gasteiger partial charge in [0.05, 0.1) is 6.04 Å². The molecule has 2 aromatic rings. The molecule has 1 atom stereocenters. The van der Waals surface area contributed by atoms with Gasteiger partial charge in [-0.3, -0.25) is 14.6 Å². The lowest BCUT2D eigenvalue weighted by molar-refractivity contribution is 0.0677. The van der Waals surface area contributed by atoms with E-state index in [0.717, 1.165) is 24.8 Å². The number of nitrogens with zero attached hydrogens (tertiary/aromatic N) is 2. The number of aryl methyl sites for hydroxylation is 1. The van der Waals surface area contributed by atoms with Crippen molar-refractivity contribution in [3.05, 3.63) is 68.2 Å². The van der Waals surface area contributed by atoms with E-state index in [1.165, 1.54) is 29.9 Å². The summed E-state index contributed by atoms with van der Waals surface area (Å²) in [6.07, 6.45) is 4.69. The molecule has 0 radical (unpaired) electrons. The molecule has 1 amide bonds. The Hall–Kier alpha value is -2.70. The van der Waals surface area contributed by atoms with Crippen LogP contribution in [0, 0.1) is 5.82 Å². The SMILES string of the molecule is Cn1cc(C(=O)N2CCCCC[C@H]2c2cccc(F)c2)c(=O)[nH]c1=O. The molecule has 1 aromatic carbocycles. The van der Waals surface area contributed by atoms with Crippen LogP contribution in [0.1, 0.15) is 47.6 Å². The molecule has 1 aliphatic heterocycles. The van der Waals surface area contributed by atoms with Crippen LogP contribution in [-0.2, 0) is 7.05 Å². The van der Waals surface area contributed by atoms with Crippen LogP contribution < -0.4 is 11.2 Å². The Morgan fingerprint density at radius 2 is 2.04 bits per heavy atom. The zero-order valence-electron chi connectivity index (χ0n) is 14.0. The van der Waals surface area contributed by atoms with Gasteiger partial charge in [-0.1, -0.05) is 25.0 Å². The number of nitrogens with one attached hydrogen (secondary N) is 1. The lowest BCUT2D eigenvalue weighted by Gasteiger charge is -2.30. The number of likely N-dealkylation sites (tertiary alicyclic amines) is 1. The third kappa shape index (κ3) is 3.55. The summed E-state index contributed by atoms with van der Waals surface area (Å²) in [6.45, 7) is 0.488. The number of hydrogen-bond donors (Lipinski definition) is 1. The maximum Gasteiger partial charge on any atom is 0.328 e. The summed E-state index contributed by atoms with van der Waals surface area (Å²) in [6, 6.07) is 5.93. The number of halogens is 1. The molecule has 0 spiro atoms. The van der Waals surface area contributed by atoms with Crippen LogP contribution in [0.3, 0.4) is 0 Å². The van der Waals surface area contributed by atoms with Crippen molar-refractivity contribution in [3.63, 3.8) is 0 Å². The Morgan fingerprint density at radius 1 is 1.24 bits per heavy atom. The molecule has 6 nitrogen and oxygen atoms in total. The first-order valence-corrected chi connectivity index (χ1v) is 8.34. The maximum absolute atomic E-state index is 13.6. The summed E-state index contributed by atoms with van der Waals surface area (Å²) in [5.74, 6) is -0.790. The zero-order valence-corrected chi connectivity index (χ0v) is 14.0. The van der Waals surface area contributed by atoms with E-state index in [4.69, 9.17) is 0 Å². The lowest BCUT2D eigenvalue weighted by atomic mass is 10.00. The molecule has 0 saturated carbocycles. The van der Waals surface area contributed by atoms with Crippen LogP contribution in [0.15, 0.2) is 40.1 Å². The van der Waals surface area contributed by atoms with Crippen molar-refractivity contribution in [1.82, 2.24) is 14.5 Å². The molecule has 0 aliphatic carbocycles. The first kappa shape index (κ1) is 17.1. The zero-order chi connectivity index (χ0) is 18.0. The largest absolute Gasteiger partial charge is 0.331 e. The Labute approximate surface area is 143 Å². The van der Waals surface area contributed by atoms with Gasteiger partial charge in [-0.25, -0.2) is 9.18 Å². The maximum atomic E-state index is 13.6. The fourth-order valence-electron chi connectivity index (χ4n) is 3.28. The Morgan fingerprint density at radius 3 is 2.80 bits per heavy atom. The van der Waals surface area contributed by atoms with Gasteiger partial charge in [-0.05, 0) is 30.5 Å². The highest BCUT2D eigenvalue weighted by molar-refractivity contribution is 5.93. The van der Waals surface area contributed by atoms with Gasteiger partial charge < -0.3 is 9.47 Å². The van der Waals surface area contributed by atoms with E-state index in [9.17, 15) is 18.8 Å². The van der Waals surface area contributed by atoms with Crippen molar-refractivity contribution in [2.45, 2.75) is 31.7 Å². The highest BCUT2D eigenvalue weighted by Gasteiger charge is 2.29. The van der Waals surface area contributed by atoms with Gasteiger partial charge >= 0.3 is 5.69 Å². The summed E-state index contributed by atoms with van der Waals surface area (Å²) in [7, 11) is 1.47. The van der Waals surface area contributed by atoms with Crippen molar-refractivity contribution in [2.24, 2.45) is 7.05 Å². The summed E-state index contributed by atoms with van der Waals surface area (Å²) in [4.78, 5) is 40.4. The predicted octanol–water partition coefficient (Wildman–Crippen LogP) is 1.97. The minimum absolute atomic E-state index is 0.0783.